The minimum absolute atomic E-state index is 0.168. The van der Waals surface area contributed by atoms with Gasteiger partial charge in [-0.05, 0) is 29.8 Å². The number of benzene rings is 1. The van der Waals surface area contributed by atoms with Crippen LogP contribution >= 0.6 is 0 Å². The second-order valence-electron chi connectivity index (χ2n) is 4.54. The summed E-state index contributed by atoms with van der Waals surface area (Å²) in [6, 6.07) is 7.30. The zero-order valence-electron chi connectivity index (χ0n) is 9.47. The topological polar surface area (TPSA) is 49.7 Å². The molecule has 0 bridgehead atoms. The van der Waals surface area contributed by atoms with E-state index in [4.69, 9.17) is 14.8 Å². The van der Waals surface area contributed by atoms with Gasteiger partial charge in [0.1, 0.15) is 0 Å². The van der Waals surface area contributed by atoms with Crippen molar-refractivity contribution in [1.29, 1.82) is 0 Å². The van der Waals surface area contributed by atoms with Crippen molar-refractivity contribution in [2.24, 2.45) is 5.92 Å². The lowest BCUT2D eigenvalue weighted by molar-refractivity contribution is -0.0123. The maximum absolute atomic E-state index is 8.98. The summed E-state index contributed by atoms with van der Waals surface area (Å²) in [7, 11) is -1.39. The van der Waals surface area contributed by atoms with E-state index in [0.29, 0.717) is 11.4 Å². The molecule has 0 amide bonds. The molecular formula is C12H17BO3. The third-order valence-corrected chi connectivity index (χ3v) is 3.11. The molecule has 1 heterocycles. The Balaban J connectivity index is 2.04. The summed E-state index contributed by atoms with van der Waals surface area (Å²) < 4.78 is 5.75. The highest BCUT2D eigenvalue weighted by Gasteiger charge is 2.20. The Morgan fingerprint density at radius 2 is 1.88 bits per heavy atom. The van der Waals surface area contributed by atoms with Crippen molar-refractivity contribution in [3.05, 3.63) is 29.8 Å². The standard InChI is InChI=1S/C12H17BO3/c1-9-2-7-12(16-8-9)10-3-5-11(6-4-10)13(14)15/h3-6,9,12,14-15H,2,7-8H2,1H3. The number of rotatable bonds is 2. The molecule has 0 radical (unpaired) electrons. The van der Waals surface area contributed by atoms with Gasteiger partial charge in [-0.1, -0.05) is 31.2 Å². The van der Waals surface area contributed by atoms with E-state index in [0.717, 1.165) is 18.6 Å². The molecule has 1 aromatic rings. The van der Waals surface area contributed by atoms with E-state index in [-0.39, 0.29) is 6.10 Å². The molecule has 4 heteroatoms. The highest BCUT2D eigenvalue weighted by atomic mass is 16.5. The van der Waals surface area contributed by atoms with Crippen LogP contribution in [0, 0.1) is 5.92 Å². The van der Waals surface area contributed by atoms with Crippen LogP contribution in [0.15, 0.2) is 24.3 Å². The van der Waals surface area contributed by atoms with Gasteiger partial charge in [0, 0.05) is 6.61 Å². The molecule has 2 rings (SSSR count). The molecule has 1 saturated heterocycles. The molecule has 2 unspecified atom stereocenters. The van der Waals surface area contributed by atoms with Crippen molar-refractivity contribution in [3.63, 3.8) is 0 Å². The number of hydrogen-bond acceptors (Lipinski definition) is 3. The van der Waals surface area contributed by atoms with Crippen LogP contribution in [-0.4, -0.2) is 23.8 Å². The van der Waals surface area contributed by atoms with Crippen LogP contribution in [0.5, 0.6) is 0 Å². The minimum atomic E-state index is -1.39. The quantitative estimate of drug-likeness (QED) is 0.726. The maximum atomic E-state index is 8.98. The van der Waals surface area contributed by atoms with Gasteiger partial charge < -0.3 is 14.8 Å². The third kappa shape index (κ3) is 2.64. The summed E-state index contributed by atoms with van der Waals surface area (Å²) in [6.07, 6.45) is 2.40. The van der Waals surface area contributed by atoms with Gasteiger partial charge in [0.05, 0.1) is 6.10 Å². The largest absolute Gasteiger partial charge is 0.488 e. The Hall–Kier alpha value is -0.835. The average Bonchev–Trinajstić information content (AvgIpc) is 2.30. The fraction of sp³-hybridized carbons (Fsp3) is 0.500. The molecule has 1 aliphatic rings. The summed E-state index contributed by atoms with van der Waals surface area (Å²) in [4.78, 5) is 0. The molecule has 0 saturated carbocycles. The first kappa shape index (κ1) is 11.6. The monoisotopic (exact) mass is 220 g/mol. The number of ether oxygens (including phenoxy) is 1. The van der Waals surface area contributed by atoms with Gasteiger partial charge in [-0.25, -0.2) is 0 Å². The van der Waals surface area contributed by atoms with Gasteiger partial charge in [-0.2, -0.15) is 0 Å². The molecule has 86 valence electrons. The van der Waals surface area contributed by atoms with Gasteiger partial charge in [0.15, 0.2) is 0 Å². The van der Waals surface area contributed by atoms with Gasteiger partial charge in [0.2, 0.25) is 0 Å². The minimum Gasteiger partial charge on any atom is -0.423 e. The predicted molar refractivity (Wildman–Crippen MR) is 63.4 cm³/mol. The first-order valence-corrected chi connectivity index (χ1v) is 5.74. The van der Waals surface area contributed by atoms with Gasteiger partial charge in [-0.15, -0.1) is 0 Å². The van der Waals surface area contributed by atoms with Crippen molar-refractivity contribution < 1.29 is 14.8 Å². The summed E-state index contributed by atoms with van der Waals surface area (Å²) in [5, 5.41) is 18.0. The first-order valence-electron chi connectivity index (χ1n) is 5.74. The molecule has 0 spiro atoms. The molecule has 1 fully saturated rings. The molecule has 3 nitrogen and oxygen atoms in total. The van der Waals surface area contributed by atoms with Crippen molar-refractivity contribution in [2.75, 3.05) is 6.61 Å². The summed E-state index contributed by atoms with van der Waals surface area (Å²) in [5.41, 5.74) is 1.64. The molecule has 2 N–H and O–H groups in total. The Labute approximate surface area is 96.2 Å². The lowest BCUT2D eigenvalue weighted by Crippen LogP contribution is -2.29. The molecule has 1 aliphatic heterocycles. The van der Waals surface area contributed by atoms with Crippen LogP contribution in [0.2, 0.25) is 0 Å². The van der Waals surface area contributed by atoms with Crippen LogP contribution < -0.4 is 5.46 Å². The van der Waals surface area contributed by atoms with Crippen molar-refractivity contribution in [1.82, 2.24) is 0 Å². The lowest BCUT2D eigenvalue weighted by atomic mass is 9.79. The maximum Gasteiger partial charge on any atom is 0.488 e. The summed E-state index contributed by atoms with van der Waals surface area (Å²) in [6.45, 7) is 3.01. The van der Waals surface area contributed by atoms with Crippen LogP contribution in [-0.2, 0) is 4.74 Å². The zero-order chi connectivity index (χ0) is 11.5. The van der Waals surface area contributed by atoms with E-state index in [1.54, 1.807) is 12.1 Å². The van der Waals surface area contributed by atoms with Crippen LogP contribution in [0.1, 0.15) is 31.4 Å². The molecule has 16 heavy (non-hydrogen) atoms. The van der Waals surface area contributed by atoms with Crippen molar-refractivity contribution >= 4 is 12.6 Å². The summed E-state index contributed by atoms with van der Waals surface area (Å²) in [5.74, 6) is 0.648. The van der Waals surface area contributed by atoms with Crippen LogP contribution in [0.25, 0.3) is 0 Å². The van der Waals surface area contributed by atoms with E-state index >= 15 is 0 Å². The average molecular weight is 220 g/mol. The van der Waals surface area contributed by atoms with Gasteiger partial charge >= 0.3 is 7.12 Å². The SMILES string of the molecule is CC1CCC(c2ccc(B(O)O)cc2)OC1. The van der Waals surface area contributed by atoms with Gasteiger partial charge in [0.25, 0.3) is 0 Å². The molecular weight excluding hydrogens is 203 g/mol. The normalized spacial score (nSPS) is 25.4. The second kappa shape index (κ2) is 5.00. The van der Waals surface area contributed by atoms with E-state index in [1.807, 2.05) is 12.1 Å². The lowest BCUT2D eigenvalue weighted by Gasteiger charge is -2.27. The predicted octanol–water partition coefficient (Wildman–Crippen LogP) is 0.854. The van der Waals surface area contributed by atoms with E-state index < -0.39 is 7.12 Å². The molecule has 2 atom stereocenters. The molecule has 1 aromatic carbocycles. The Morgan fingerprint density at radius 1 is 1.19 bits per heavy atom. The van der Waals surface area contributed by atoms with Gasteiger partial charge in [-0.3, -0.25) is 0 Å². The fourth-order valence-electron chi connectivity index (χ4n) is 2.03. The second-order valence-corrected chi connectivity index (χ2v) is 4.54. The Morgan fingerprint density at radius 3 is 2.38 bits per heavy atom. The highest BCUT2D eigenvalue weighted by Crippen LogP contribution is 2.29. The fourth-order valence-corrected chi connectivity index (χ4v) is 2.03. The first-order chi connectivity index (χ1) is 7.66. The summed E-state index contributed by atoms with van der Waals surface area (Å²) >= 11 is 0. The Kier molecular flexibility index (Phi) is 3.64. The van der Waals surface area contributed by atoms with E-state index in [2.05, 4.69) is 6.92 Å². The highest BCUT2D eigenvalue weighted by molar-refractivity contribution is 6.58. The number of hydrogen-bond donors (Lipinski definition) is 2. The molecule has 0 aromatic heterocycles. The van der Waals surface area contributed by atoms with E-state index in [9.17, 15) is 0 Å². The van der Waals surface area contributed by atoms with Crippen molar-refractivity contribution in [2.45, 2.75) is 25.9 Å². The van der Waals surface area contributed by atoms with Crippen molar-refractivity contribution in [3.8, 4) is 0 Å². The Bertz CT molecular complexity index is 329. The third-order valence-electron chi connectivity index (χ3n) is 3.11. The smallest absolute Gasteiger partial charge is 0.423 e. The van der Waals surface area contributed by atoms with E-state index in [1.165, 1.54) is 6.42 Å². The van der Waals surface area contributed by atoms with Crippen LogP contribution in [0.4, 0.5) is 0 Å². The molecule has 0 aliphatic carbocycles. The van der Waals surface area contributed by atoms with Crippen LogP contribution in [0.3, 0.4) is 0 Å². The zero-order valence-corrected chi connectivity index (χ0v) is 9.47.